The number of sulfonamides is 1. The van der Waals surface area contributed by atoms with Crippen LogP contribution in [0.2, 0.25) is 0 Å². The van der Waals surface area contributed by atoms with E-state index in [9.17, 15) is 60.7 Å². The number of rotatable bonds is 9. The summed E-state index contributed by atoms with van der Waals surface area (Å²) in [6, 6.07) is 0.928. The third kappa shape index (κ3) is 7.37. The second-order valence-corrected chi connectivity index (χ2v) is 11.9. The Kier molecular flexibility index (Phi) is 9.21. The highest BCUT2D eigenvalue weighted by atomic mass is 32.2. The monoisotopic (exact) mass is 603 g/mol. The molecule has 38 heavy (non-hydrogen) atoms. The van der Waals surface area contributed by atoms with Crippen molar-refractivity contribution in [2.45, 2.75) is 60.2 Å². The van der Waals surface area contributed by atoms with E-state index in [1.807, 2.05) is 0 Å². The standard InChI is InChI=1S/C21H19F10NO4S2/c1-2-14(32-38(35,36)21(29,30)31)6-10-18(16-11-13(22)5-9-17(16)20(26,27)28)37(33,34)15-7-3-12(4-8-15)19(23,24)25/h3-5,7-9,11,14,18,32H,2,6,10H2,1H3. The van der Waals surface area contributed by atoms with Crippen molar-refractivity contribution in [2.75, 3.05) is 0 Å². The van der Waals surface area contributed by atoms with Crippen LogP contribution in [0.5, 0.6) is 0 Å². The molecule has 0 spiro atoms. The van der Waals surface area contributed by atoms with E-state index in [4.69, 9.17) is 0 Å². The van der Waals surface area contributed by atoms with E-state index in [1.165, 1.54) is 11.6 Å². The quantitative estimate of drug-likeness (QED) is 0.338. The minimum Gasteiger partial charge on any atom is -0.223 e. The molecule has 2 aromatic rings. The highest BCUT2D eigenvalue weighted by Crippen LogP contribution is 2.42. The molecule has 0 saturated carbocycles. The minimum absolute atomic E-state index is 0.240. The molecule has 0 aliphatic heterocycles. The van der Waals surface area contributed by atoms with Crippen molar-refractivity contribution < 1.29 is 60.7 Å². The van der Waals surface area contributed by atoms with Crippen molar-refractivity contribution >= 4 is 19.9 Å². The SMILES string of the molecule is CCC(CCC(c1cc(F)ccc1C(F)(F)F)S(=O)(=O)c1ccc(C(F)(F)F)cc1)NS(=O)(=O)C(F)(F)F. The van der Waals surface area contributed by atoms with Gasteiger partial charge in [0.25, 0.3) is 0 Å². The lowest BCUT2D eigenvalue weighted by atomic mass is 9.98. The highest BCUT2D eigenvalue weighted by molar-refractivity contribution is 7.91. The first-order valence-electron chi connectivity index (χ1n) is 10.5. The number of hydrogen-bond acceptors (Lipinski definition) is 4. The molecule has 0 bridgehead atoms. The Morgan fingerprint density at radius 3 is 1.79 bits per heavy atom. The molecule has 17 heteroatoms. The van der Waals surface area contributed by atoms with Crippen molar-refractivity contribution in [3.63, 3.8) is 0 Å². The Labute approximate surface area is 210 Å². The lowest BCUT2D eigenvalue weighted by Gasteiger charge is -2.25. The molecular formula is C21H19F10NO4S2. The zero-order chi connectivity index (χ0) is 29.3. The zero-order valence-electron chi connectivity index (χ0n) is 19.0. The fourth-order valence-electron chi connectivity index (χ4n) is 3.52. The lowest BCUT2D eigenvalue weighted by Crippen LogP contribution is -2.42. The van der Waals surface area contributed by atoms with Gasteiger partial charge in [-0.1, -0.05) is 6.92 Å². The maximum absolute atomic E-state index is 14.0. The van der Waals surface area contributed by atoms with Crippen molar-refractivity contribution in [1.82, 2.24) is 4.72 Å². The molecule has 0 aliphatic carbocycles. The van der Waals surface area contributed by atoms with Crippen LogP contribution in [0.1, 0.15) is 48.1 Å². The summed E-state index contributed by atoms with van der Waals surface area (Å²) in [5, 5.41) is -2.32. The van der Waals surface area contributed by atoms with Crippen LogP contribution in [-0.4, -0.2) is 28.4 Å². The van der Waals surface area contributed by atoms with E-state index in [-0.39, 0.29) is 18.6 Å². The molecule has 2 atom stereocenters. The highest BCUT2D eigenvalue weighted by Gasteiger charge is 2.47. The molecule has 0 radical (unpaired) electrons. The number of hydrogen-bond donors (Lipinski definition) is 1. The van der Waals surface area contributed by atoms with Crippen LogP contribution in [-0.2, 0) is 32.2 Å². The normalized spacial score (nSPS) is 15.3. The molecule has 0 amide bonds. The fraction of sp³-hybridized carbons (Fsp3) is 0.429. The average molecular weight is 604 g/mol. The van der Waals surface area contributed by atoms with Crippen LogP contribution in [0, 0.1) is 5.82 Å². The number of nitrogens with one attached hydrogen (secondary N) is 1. The van der Waals surface area contributed by atoms with Gasteiger partial charge in [-0.25, -0.2) is 25.9 Å². The smallest absolute Gasteiger partial charge is 0.223 e. The van der Waals surface area contributed by atoms with E-state index in [2.05, 4.69) is 0 Å². The molecule has 0 fully saturated rings. The van der Waals surface area contributed by atoms with Crippen molar-refractivity contribution in [3.8, 4) is 0 Å². The molecule has 0 heterocycles. The second-order valence-electron chi connectivity index (χ2n) is 8.03. The molecule has 0 saturated heterocycles. The first-order valence-corrected chi connectivity index (χ1v) is 13.5. The molecule has 5 nitrogen and oxygen atoms in total. The number of alkyl halides is 9. The Balaban J connectivity index is 2.62. The first kappa shape index (κ1) is 31.8. The van der Waals surface area contributed by atoms with Gasteiger partial charge in [0.1, 0.15) is 5.82 Å². The fourth-order valence-corrected chi connectivity index (χ4v) is 6.20. The van der Waals surface area contributed by atoms with Gasteiger partial charge >= 0.3 is 27.9 Å². The van der Waals surface area contributed by atoms with E-state index in [0.29, 0.717) is 30.3 Å². The predicted octanol–water partition coefficient (Wildman–Crippen LogP) is 6.38. The van der Waals surface area contributed by atoms with E-state index in [1.54, 1.807) is 0 Å². The van der Waals surface area contributed by atoms with E-state index in [0.717, 1.165) is 0 Å². The maximum atomic E-state index is 14.0. The summed E-state index contributed by atoms with van der Waals surface area (Å²) in [5.41, 5.74) is -9.77. The molecule has 2 unspecified atom stereocenters. The molecule has 1 N–H and O–H groups in total. The average Bonchev–Trinajstić information content (AvgIpc) is 2.76. The van der Waals surface area contributed by atoms with Crippen LogP contribution < -0.4 is 4.72 Å². The Bertz CT molecular complexity index is 1330. The largest absolute Gasteiger partial charge is 0.511 e. The first-order chi connectivity index (χ1) is 17.1. The minimum atomic E-state index is -5.91. The third-order valence-electron chi connectivity index (χ3n) is 5.45. The summed E-state index contributed by atoms with van der Waals surface area (Å²) in [7, 11) is -10.9. The Morgan fingerprint density at radius 2 is 1.34 bits per heavy atom. The topological polar surface area (TPSA) is 80.3 Å². The number of halogens is 10. The Hall–Kier alpha value is -2.40. The molecular weight excluding hydrogens is 584 g/mol. The van der Waals surface area contributed by atoms with Gasteiger partial charge in [0.15, 0.2) is 9.84 Å². The van der Waals surface area contributed by atoms with Crippen LogP contribution >= 0.6 is 0 Å². The van der Waals surface area contributed by atoms with Crippen molar-refractivity contribution in [3.05, 3.63) is 65.0 Å². The zero-order valence-corrected chi connectivity index (χ0v) is 20.7. The summed E-state index contributed by atoms with van der Waals surface area (Å²) < 4.78 is 183. The molecule has 2 aromatic carbocycles. The van der Waals surface area contributed by atoms with Gasteiger partial charge in [0, 0.05) is 6.04 Å². The second kappa shape index (κ2) is 11.0. The summed E-state index contributed by atoms with van der Waals surface area (Å²) in [6.45, 7) is 1.21. The van der Waals surface area contributed by atoms with Crippen LogP contribution in [0.25, 0.3) is 0 Å². The maximum Gasteiger partial charge on any atom is 0.511 e. The number of sulfone groups is 1. The number of benzene rings is 2. The van der Waals surface area contributed by atoms with Gasteiger partial charge in [-0.3, -0.25) is 0 Å². The van der Waals surface area contributed by atoms with E-state index >= 15 is 0 Å². The summed E-state index contributed by atoms with van der Waals surface area (Å²) in [5.74, 6) is -1.30. The van der Waals surface area contributed by atoms with Gasteiger partial charge in [-0.2, -0.15) is 39.5 Å². The molecule has 0 aliphatic rings. The van der Waals surface area contributed by atoms with Crippen molar-refractivity contribution in [2.24, 2.45) is 0 Å². The van der Waals surface area contributed by atoms with Gasteiger partial charge < -0.3 is 0 Å². The van der Waals surface area contributed by atoms with E-state index < -0.39 is 89.3 Å². The van der Waals surface area contributed by atoms with Gasteiger partial charge in [-0.05, 0) is 67.3 Å². The predicted molar refractivity (Wildman–Crippen MR) is 114 cm³/mol. The summed E-state index contributed by atoms with van der Waals surface area (Å²) >= 11 is 0. The molecule has 2 rings (SSSR count). The lowest BCUT2D eigenvalue weighted by molar-refractivity contribution is -0.138. The summed E-state index contributed by atoms with van der Waals surface area (Å²) in [4.78, 5) is -0.878. The molecule has 0 aromatic heterocycles. The van der Waals surface area contributed by atoms with Crippen LogP contribution in [0.3, 0.4) is 0 Å². The Morgan fingerprint density at radius 1 is 0.789 bits per heavy atom. The van der Waals surface area contributed by atoms with Gasteiger partial charge in [0.2, 0.25) is 0 Å². The van der Waals surface area contributed by atoms with Gasteiger partial charge in [-0.15, -0.1) is 0 Å². The van der Waals surface area contributed by atoms with Crippen molar-refractivity contribution in [1.29, 1.82) is 0 Å². The summed E-state index contributed by atoms with van der Waals surface area (Å²) in [6.07, 6.45) is -12.2. The van der Waals surface area contributed by atoms with Gasteiger partial charge in [0.05, 0.1) is 21.3 Å². The molecule has 214 valence electrons. The third-order valence-corrected chi connectivity index (χ3v) is 8.87. The van der Waals surface area contributed by atoms with Crippen LogP contribution in [0.4, 0.5) is 43.9 Å². The van der Waals surface area contributed by atoms with Crippen LogP contribution in [0.15, 0.2) is 47.4 Å².